The van der Waals surface area contributed by atoms with Crippen molar-refractivity contribution in [2.75, 3.05) is 13.1 Å². The predicted molar refractivity (Wildman–Crippen MR) is 111 cm³/mol. The van der Waals surface area contributed by atoms with Crippen LogP contribution >= 0.6 is 0 Å². The van der Waals surface area contributed by atoms with Gasteiger partial charge in [-0.3, -0.25) is 4.79 Å². The molecule has 0 aromatic heterocycles. The SMILES string of the molecule is CC1Cc2cc3c(c(CC(C)NCC(=O)N4CCCC4C#N)c2C1)CC(C)C3. The maximum absolute atomic E-state index is 12.5. The number of hydrogen-bond donors (Lipinski definition) is 1. The number of nitriles is 1. The number of fused-ring (bicyclic) bond motifs is 2. The highest BCUT2D eigenvalue weighted by Crippen LogP contribution is 2.39. The van der Waals surface area contributed by atoms with Crippen LogP contribution in [0.3, 0.4) is 0 Å². The fourth-order valence-corrected chi connectivity index (χ4v) is 5.61. The lowest BCUT2D eigenvalue weighted by atomic mass is 9.90. The molecule has 4 atom stereocenters. The van der Waals surface area contributed by atoms with E-state index in [-0.39, 0.29) is 18.0 Å². The quantitative estimate of drug-likeness (QED) is 0.855. The van der Waals surface area contributed by atoms with Gasteiger partial charge >= 0.3 is 0 Å². The molecule has 1 heterocycles. The summed E-state index contributed by atoms with van der Waals surface area (Å²) in [5, 5.41) is 12.7. The van der Waals surface area contributed by atoms with E-state index >= 15 is 0 Å². The second kappa shape index (κ2) is 7.87. The summed E-state index contributed by atoms with van der Waals surface area (Å²) in [6.07, 6.45) is 7.60. The molecule has 1 N–H and O–H groups in total. The van der Waals surface area contributed by atoms with Gasteiger partial charge in [-0.15, -0.1) is 0 Å². The van der Waals surface area contributed by atoms with Crippen molar-refractivity contribution in [3.05, 3.63) is 33.9 Å². The summed E-state index contributed by atoms with van der Waals surface area (Å²) in [5.74, 6) is 1.56. The van der Waals surface area contributed by atoms with E-state index < -0.39 is 0 Å². The molecule has 4 rings (SSSR count). The van der Waals surface area contributed by atoms with Gasteiger partial charge in [0.15, 0.2) is 0 Å². The number of rotatable bonds is 5. The molecular weight excluding hydrogens is 346 g/mol. The van der Waals surface area contributed by atoms with Gasteiger partial charge in [-0.25, -0.2) is 0 Å². The third-order valence-electron chi connectivity index (χ3n) is 6.93. The maximum atomic E-state index is 12.5. The average Bonchev–Trinajstić information content (AvgIpc) is 3.36. The number of carbonyl (C=O) groups is 1. The number of amides is 1. The normalized spacial score (nSPS) is 26.8. The average molecular weight is 380 g/mol. The summed E-state index contributed by atoms with van der Waals surface area (Å²) < 4.78 is 0. The van der Waals surface area contributed by atoms with Crippen molar-refractivity contribution in [2.24, 2.45) is 11.8 Å². The van der Waals surface area contributed by atoms with E-state index in [0.717, 1.165) is 37.6 Å². The molecule has 4 heteroatoms. The van der Waals surface area contributed by atoms with Gasteiger partial charge in [0.05, 0.1) is 12.6 Å². The van der Waals surface area contributed by atoms with E-state index in [1.54, 1.807) is 32.7 Å². The third-order valence-corrected chi connectivity index (χ3v) is 6.93. The fraction of sp³-hybridized carbons (Fsp3) is 0.667. The Labute approximate surface area is 169 Å². The van der Waals surface area contributed by atoms with Crippen LogP contribution in [0.1, 0.15) is 61.4 Å². The lowest BCUT2D eigenvalue weighted by molar-refractivity contribution is -0.130. The molecule has 0 radical (unpaired) electrons. The van der Waals surface area contributed by atoms with Crippen LogP contribution in [-0.2, 0) is 36.9 Å². The van der Waals surface area contributed by atoms with Crippen molar-refractivity contribution < 1.29 is 4.79 Å². The first-order valence-electron chi connectivity index (χ1n) is 11.0. The highest BCUT2D eigenvalue weighted by molar-refractivity contribution is 5.79. The van der Waals surface area contributed by atoms with E-state index in [4.69, 9.17) is 0 Å². The number of hydrogen-bond acceptors (Lipinski definition) is 3. The zero-order valence-corrected chi connectivity index (χ0v) is 17.6. The first kappa shape index (κ1) is 19.5. The Balaban J connectivity index is 1.44. The van der Waals surface area contributed by atoms with Crippen LogP contribution in [0.5, 0.6) is 0 Å². The fourth-order valence-electron chi connectivity index (χ4n) is 5.61. The third kappa shape index (κ3) is 3.70. The van der Waals surface area contributed by atoms with Crippen LogP contribution in [0, 0.1) is 23.2 Å². The van der Waals surface area contributed by atoms with Crippen LogP contribution in [0.4, 0.5) is 0 Å². The number of nitrogens with one attached hydrogen (secondary N) is 1. The number of carbonyl (C=O) groups excluding carboxylic acids is 1. The van der Waals surface area contributed by atoms with Gasteiger partial charge in [-0.2, -0.15) is 5.26 Å². The molecule has 0 bridgehead atoms. The molecule has 1 aromatic rings. The van der Waals surface area contributed by atoms with Gasteiger partial charge in [0.1, 0.15) is 6.04 Å². The summed E-state index contributed by atoms with van der Waals surface area (Å²) in [6.45, 7) is 7.98. The van der Waals surface area contributed by atoms with Crippen LogP contribution in [-0.4, -0.2) is 36.0 Å². The van der Waals surface area contributed by atoms with E-state index in [2.05, 4.69) is 38.2 Å². The summed E-state index contributed by atoms with van der Waals surface area (Å²) in [7, 11) is 0. The second-order valence-corrected chi connectivity index (χ2v) is 9.52. The Kier molecular flexibility index (Phi) is 5.47. The first-order chi connectivity index (χ1) is 13.5. The molecule has 4 nitrogen and oxygen atoms in total. The molecule has 150 valence electrons. The molecule has 2 aliphatic carbocycles. The zero-order chi connectivity index (χ0) is 19.8. The highest BCUT2D eigenvalue weighted by Gasteiger charge is 2.30. The Morgan fingerprint density at radius 2 is 1.86 bits per heavy atom. The van der Waals surface area contributed by atoms with E-state index in [9.17, 15) is 10.1 Å². The van der Waals surface area contributed by atoms with Crippen LogP contribution in [0.25, 0.3) is 0 Å². The number of benzene rings is 1. The minimum Gasteiger partial charge on any atom is -0.326 e. The Hall–Kier alpha value is -1.86. The molecule has 1 aromatic carbocycles. The van der Waals surface area contributed by atoms with Crippen molar-refractivity contribution in [3.8, 4) is 6.07 Å². The van der Waals surface area contributed by atoms with Crippen molar-refractivity contribution in [3.63, 3.8) is 0 Å². The minimum absolute atomic E-state index is 0.0710. The summed E-state index contributed by atoms with van der Waals surface area (Å²) in [4.78, 5) is 14.3. The first-order valence-corrected chi connectivity index (χ1v) is 11.0. The lowest BCUT2D eigenvalue weighted by Gasteiger charge is -2.23. The summed E-state index contributed by atoms with van der Waals surface area (Å²) in [5.41, 5.74) is 7.93. The molecule has 4 unspecified atom stereocenters. The maximum Gasteiger partial charge on any atom is 0.237 e. The molecule has 1 fully saturated rings. The van der Waals surface area contributed by atoms with Crippen LogP contribution in [0.2, 0.25) is 0 Å². The molecule has 1 amide bonds. The topological polar surface area (TPSA) is 56.1 Å². The van der Waals surface area contributed by atoms with E-state index in [1.807, 2.05) is 0 Å². The van der Waals surface area contributed by atoms with Gasteiger partial charge < -0.3 is 10.2 Å². The molecule has 1 aliphatic heterocycles. The van der Waals surface area contributed by atoms with Crippen molar-refractivity contribution >= 4 is 5.91 Å². The summed E-state index contributed by atoms with van der Waals surface area (Å²) in [6, 6.07) is 4.79. The van der Waals surface area contributed by atoms with Crippen molar-refractivity contribution in [2.45, 2.75) is 77.8 Å². The molecular formula is C24H33N3O. The van der Waals surface area contributed by atoms with Crippen molar-refractivity contribution in [1.29, 1.82) is 5.26 Å². The largest absolute Gasteiger partial charge is 0.326 e. The van der Waals surface area contributed by atoms with E-state index in [0.29, 0.717) is 6.54 Å². The van der Waals surface area contributed by atoms with Gasteiger partial charge in [0, 0.05) is 12.6 Å². The molecule has 28 heavy (non-hydrogen) atoms. The van der Waals surface area contributed by atoms with Gasteiger partial charge in [0.25, 0.3) is 0 Å². The Bertz CT molecular complexity index is 773. The monoisotopic (exact) mass is 379 g/mol. The number of likely N-dealkylation sites (tertiary alicyclic amines) is 1. The summed E-state index contributed by atoms with van der Waals surface area (Å²) >= 11 is 0. The minimum atomic E-state index is -0.228. The number of nitrogens with zero attached hydrogens (tertiary/aromatic N) is 2. The van der Waals surface area contributed by atoms with Crippen LogP contribution in [0.15, 0.2) is 6.07 Å². The standard InChI is InChI=1S/C24H33N3O/c1-15-7-18-12-19-8-16(2)10-22(19)23(21(18)9-15)11-17(3)26-14-24(28)27-6-4-5-20(27)13-25/h12,15-17,20,26H,4-11,14H2,1-3H3. The predicted octanol–water partition coefficient (Wildman–Crippen LogP) is 3.19. The molecule has 0 spiro atoms. The van der Waals surface area contributed by atoms with Crippen LogP contribution < -0.4 is 5.32 Å². The Morgan fingerprint density at radius 1 is 1.21 bits per heavy atom. The zero-order valence-electron chi connectivity index (χ0n) is 17.6. The van der Waals surface area contributed by atoms with Gasteiger partial charge in [-0.05, 0) is 91.5 Å². The van der Waals surface area contributed by atoms with Gasteiger partial charge in [-0.1, -0.05) is 19.9 Å². The molecule has 1 saturated heterocycles. The smallest absolute Gasteiger partial charge is 0.237 e. The second-order valence-electron chi connectivity index (χ2n) is 9.52. The highest BCUT2D eigenvalue weighted by atomic mass is 16.2. The molecule has 0 saturated carbocycles. The Morgan fingerprint density at radius 3 is 2.46 bits per heavy atom. The van der Waals surface area contributed by atoms with Crippen molar-refractivity contribution in [1.82, 2.24) is 10.2 Å². The molecule has 3 aliphatic rings. The lowest BCUT2D eigenvalue weighted by Crippen LogP contribution is -2.43. The van der Waals surface area contributed by atoms with Gasteiger partial charge in [0.2, 0.25) is 5.91 Å². The van der Waals surface area contributed by atoms with E-state index in [1.165, 1.54) is 25.7 Å².